The Hall–Kier alpha value is -1.65. The first-order valence-corrected chi connectivity index (χ1v) is 6.27. The van der Waals surface area contributed by atoms with E-state index in [9.17, 15) is 9.90 Å². The minimum absolute atomic E-state index is 0.102. The molecule has 104 valence electrons. The van der Waals surface area contributed by atoms with E-state index in [-0.39, 0.29) is 6.61 Å². The van der Waals surface area contributed by atoms with Crippen molar-refractivity contribution >= 4 is 5.97 Å². The standard InChI is InChI=1S/C15H20O4/c1-11(2)14(17)12-5-7-13(8-6-12)15(18)19-10-4-3-9-16/h5-8,14,16-17H,1,3-4,9-10H2,2H3. The topological polar surface area (TPSA) is 66.8 Å². The number of hydrogen-bond donors (Lipinski definition) is 2. The Labute approximate surface area is 113 Å². The van der Waals surface area contributed by atoms with Crippen LogP contribution in [0.3, 0.4) is 0 Å². The lowest BCUT2D eigenvalue weighted by Gasteiger charge is -2.11. The summed E-state index contributed by atoms with van der Waals surface area (Å²) in [7, 11) is 0. The van der Waals surface area contributed by atoms with Gasteiger partial charge in [-0.1, -0.05) is 18.7 Å². The summed E-state index contributed by atoms with van der Waals surface area (Å²) in [5.41, 5.74) is 1.80. The van der Waals surface area contributed by atoms with Crippen molar-refractivity contribution in [2.75, 3.05) is 13.2 Å². The van der Waals surface area contributed by atoms with Gasteiger partial charge >= 0.3 is 5.97 Å². The molecule has 1 atom stereocenters. The Balaban J connectivity index is 2.56. The van der Waals surface area contributed by atoms with Crippen LogP contribution in [-0.4, -0.2) is 29.4 Å². The molecule has 1 unspecified atom stereocenters. The van der Waals surface area contributed by atoms with E-state index in [1.807, 2.05) is 0 Å². The average Bonchev–Trinajstić information content (AvgIpc) is 2.42. The molecule has 0 saturated carbocycles. The van der Waals surface area contributed by atoms with Gasteiger partial charge in [0.25, 0.3) is 0 Å². The SMILES string of the molecule is C=C(C)C(O)c1ccc(C(=O)OCCCCO)cc1. The summed E-state index contributed by atoms with van der Waals surface area (Å²) in [4.78, 5) is 11.7. The van der Waals surface area contributed by atoms with Crippen molar-refractivity contribution in [3.63, 3.8) is 0 Å². The van der Waals surface area contributed by atoms with Gasteiger partial charge in [-0.05, 0) is 43.0 Å². The number of benzene rings is 1. The van der Waals surface area contributed by atoms with Crippen molar-refractivity contribution in [1.29, 1.82) is 0 Å². The minimum atomic E-state index is -0.713. The van der Waals surface area contributed by atoms with Gasteiger partial charge in [0, 0.05) is 6.61 Å². The molecule has 1 rings (SSSR count). The lowest BCUT2D eigenvalue weighted by Crippen LogP contribution is -2.07. The Kier molecular flexibility index (Phi) is 6.25. The molecular formula is C15H20O4. The Bertz CT molecular complexity index is 422. The van der Waals surface area contributed by atoms with Crippen molar-refractivity contribution in [2.24, 2.45) is 0 Å². The van der Waals surface area contributed by atoms with Crippen LogP contribution >= 0.6 is 0 Å². The van der Waals surface area contributed by atoms with Crippen molar-refractivity contribution in [2.45, 2.75) is 25.9 Å². The number of carbonyl (C=O) groups excluding carboxylic acids is 1. The summed E-state index contributed by atoms with van der Waals surface area (Å²) in [6, 6.07) is 6.61. The van der Waals surface area contributed by atoms with Gasteiger partial charge in [0.2, 0.25) is 0 Å². The summed E-state index contributed by atoms with van der Waals surface area (Å²) in [6.45, 7) is 5.83. The third kappa shape index (κ3) is 4.85. The second-order valence-corrected chi connectivity index (χ2v) is 4.44. The highest BCUT2D eigenvalue weighted by Gasteiger charge is 2.10. The largest absolute Gasteiger partial charge is 0.462 e. The first-order chi connectivity index (χ1) is 9.06. The molecular weight excluding hydrogens is 244 g/mol. The van der Waals surface area contributed by atoms with Gasteiger partial charge in [-0.2, -0.15) is 0 Å². The van der Waals surface area contributed by atoms with Crippen LogP contribution in [0.5, 0.6) is 0 Å². The van der Waals surface area contributed by atoms with Crippen LogP contribution in [0.25, 0.3) is 0 Å². The average molecular weight is 264 g/mol. The molecule has 0 saturated heterocycles. The third-order valence-electron chi connectivity index (χ3n) is 2.71. The number of aliphatic hydroxyl groups is 2. The molecule has 0 amide bonds. The van der Waals surface area contributed by atoms with Crippen LogP contribution in [0.4, 0.5) is 0 Å². The zero-order valence-corrected chi connectivity index (χ0v) is 11.1. The first-order valence-electron chi connectivity index (χ1n) is 6.27. The number of hydrogen-bond acceptors (Lipinski definition) is 4. The highest BCUT2D eigenvalue weighted by Crippen LogP contribution is 2.20. The zero-order valence-electron chi connectivity index (χ0n) is 11.1. The van der Waals surface area contributed by atoms with Gasteiger partial charge in [0.05, 0.1) is 18.3 Å². The maximum atomic E-state index is 11.7. The molecule has 0 fully saturated rings. The van der Waals surface area contributed by atoms with Gasteiger partial charge in [0.1, 0.15) is 0 Å². The Morgan fingerprint density at radius 2 is 1.95 bits per heavy atom. The smallest absolute Gasteiger partial charge is 0.338 e. The minimum Gasteiger partial charge on any atom is -0.462 e. The van der Waals surface area contributed by atoms with Crippen LogP contribution in [0, 0.1) is 0 Å². The van der Waals surface area contributed by atoms with Crippen molar-refractivity contribution in [3.05, 3.63) is 47.5 Å². The van der Waals surface area contributed by atoms with Crippen molar-refractivity contribution in [3.8, 4) is 0 Å². The Morgan fingerprint density at radius 3 is 2.47 bits per heavy atom. The second-order valence-electron chi connectivity index (χ2n) is 4.44. The van der Waals surface area contributed by atoms with E-state index in [2.05, 4.69) is 6.58 Å². The number of esters is 1. The molecule has 0 aliphatic carbocycles. The quantitative estimate of drug-likeness (QED) is 0.450. The van der Waals surface area contributed by atoms with E-state index in [1.165, 1.54) is 0 Å². The van der Waals surface area contributed by atoms with Gasteiger partial charge in [0.15, 0.2) is 0 Å². The highest BCUT2D eigenvalue weighted by atomic mass is 16.5. The van der Waals surface area contributed by atoms with E-state index in [1.54, 1.807) is 31.2 Å². The molecule has 0 aliphatic rings. The normalized spacial score (nSPS) is 11.9. The highest BCUT2D eigenvalue weighted by molar-refractivity contribution is 5.89. The summed E-state index contributed by atoms with van der Waals surface area (Å²) >= 11 is 0. The van der Waals surface area contributed by atoms with E-state index >= 15 is 0 Å². The molecule has 4 heteroatoms. The van der Waals surface area contributed by atoms with Crippen molar-refractivity contribution in [1.82, 2.24) is 0 Å². The van der Waals surface area contributed by atoms with Gasteiger partial charge in [-0.3, -0.25) is 0 Å². The van der Waals surface area contributed by atoms with E-state index < -0.39 is 12.1 Å². The molecule has 19 heavy (non-hydrogen) atoms. The molecule has 1 aromatic carbocycles. The number of rotatable bonds is 7. The molecule has 0 spiro atoms. The fourth-order valence-corrected chi connectivity index (χ4v) is 1.55. The van der Waals surface area contributed by atoms with Crippen LogP contribution in [0.15, 0.2) is 36.4 Å². The van der Waals surface area contributed by atoms with Gasteiger partial charge in [-0.25, -0.2) is 4.79 Å². The molecule has 0 aliphatic heterocycles. The molecule has 0 heterocycles. The van der Waals surface area contributed by atoms with Gasteiger partial charge in [-0.15, -0.1) is 0 Å². The number of ether oxygens (including phenoxy) is 1. The molecule has 2 N–H and O–H groups in total. The Morgan fingerprint density at radius 1 is 1.32 bits per heavy atom. The van der Waals surface area contributed by atoms with Crippen molar-refractivity contribution < 1.29 is 19.7 Å². The molecule has 0 aromatic heterocycles. The van der Waals surface area contributed by atoms with Crippen LogP contribution in [0.1, 0.15) is 41.8 Å². The second kappa shape index (κ2) is 7.71. The number of carbonyl (C=O) groups is 1. The molecule has 0 radical (unpaired) electrons. The van der Waals surface area contributed by atoms with Crippen LogP contribution in [0.2, 0.25) is 0 Å². The lowest BCUT2D eigenvalue weighted by atomic mass is 10.0. The molecule has 4 nitrogen and oxygen atoms in total. The van der Waals surface area contributed by atoms with Gasteiger partial charge < -0.3 is 14.9 Å². The number of unbranched alkanes of at least 4 members (excludes halogenated alkanes) is 1. The summed E-state index contributed by atoms with van der Waals surface area (Å²) < 4.78 is 5.05. The molecule has 0 bridgehead atoms. The predicted octanol–water partition coefficient (Wildman–Crippen LogP) is 2.23. The number of aliphatic hydroxyl groups excluding tert-OH is 2. The molecule has 1 aromatic rings. The fourth-order valence-electron chi connectivity index (χ4n) is 1.55. The summed E-state index contributed by atoms with van der Waals surface area (Å²) in [5, 5.41) is 18.4. The first kappa shape index (κ1) is 15.4. The zero-order chi connectivity index (χ0) is 14.3. The summed E-state index contributed by atoms with van der Waals surface area (Å²) in [5.74, 6) is -0.394. The maximum Gasteiger partial charge on any atom is 0.338 e. The third-order valence-corrected chi connectivity index (χ3v) is 2.71. The monoisotopic (exact) mass is 264 g/mol. The van der Waals surface area contributed by atoms with E-state index in [0.717, 1.165) is 0 Å². The summed E-state index contributed by atoms with van der Waals surface area (Å²) in [6.07, 6.45) is 0.556. The maximum absolute atomic E-state index is 11.7. The van der Waals surface area contributed by atoms with Crippen LogP contribution in [-0.2, 0) is 4.74 Å². The predicted molar refractivity (Wildman–Crippen MR) is 72.8 cm³/mol. The van der Waals surface area contributed by atoms with E-state index in [4.69, 9.17) is 9.84 Å². The van der Waals surface area contributed by atoms with E-state index in [0.29, 0.717) is 36.1 Å². The fraction of sp³-hybridized carbons (Fsp3) is 0.400. The lowest BCUT2D eigenvalue weighted by molar-refractivity contribution is 0.0492. The van der Waals surface area contributed by atoms with Crippen LogP contribution < -0.4 is 0 Å².